The Morgan fingerprint density at radius 3 is 1.87 bits per heavy atom. The number of rotatable bonds is 5. The molecule has 2 atom stereocenters. The standard InChI is InChI=1S/C13H29NO/c1-10(12(3,4)5)9-15-13(6,7)8-11(2)14/h10-11H,8-9,14H2,1-7H3. The topological polar surface area (TPSA) is 35.2 Å². The highest BCUT2D eigenvalue weighted by molar-refractivity contribution is 4.76. The van der Waals surface area contributed by atoms with Crippen LogP contribution in [0.15, 0.2) is 0 Å². The van der Waals surface area contributed by atoms with Crippen molar-refractivity contribution in [2.45, 2.75) is 66.5 Å². The quantitative estimate of drug-likeness (QED) is 0.764. The van der Waals surface area contributed by atoms with Gasteiger partial charge in [-0.15, -0.1) is 0 Å². The molecule has 2 unspecified atom stereocenters. The lowest BCUT2D eigenvalue weighted by Gasteiger charge is -2.33. The molecule has 0 saturated heterocycles. The first-order valence-electron chi connectivity index (χ1n) is 5.94. The summed E-state index contributed by atoms with van der Waals surface area (Å²) in [6, 6.07) is 0.199. The van der Waals surface area contributed by atoms with Crippen molar-refractivity contribution in [1.29, 1.82) is 0 Å². The van der Waals surface area contributed by atoms with Crippen LogP contribution in [-0.4, -0.2) is 18.2 Å². The third kappa shape index (κ3) is 6.91. The molecule has 0 radical (unpaired) electrons. The predicted octanol–water partition coefficient (Wildman–Crippen LogP) is 3.20. The number of hydrogen-bond acceptors (Lipinski definition) is 2. The van der Waals surface area contributed by atoms with Crippen LogP contribution in [0.3, 0.4) is 0 Å². The molecule has 2 N–H and O–H groups in total. The van der Waals surface area contributed by atoms with E-state index in [2.05, 4.69) is 41.5 Å². The van der Waals surface area contributed by atoms with Crippen molar-refractivity contribution in [1.82, 2.24) is 0 Å². The van der Waals surface area contributed by atoms with Gasteiger partial charge in [-0.25, -0.2) is 0 Å². The summed E-state index contributed by atoms with van der Waals surface area (Å²) in [6.07, 6.45) is 0.907. The van der Waals surface area contributed by atoms with Gasteiger partial charge in [0.15, 0.2) is 0 Å². The van der Waals surface area contributed by atoms with E-state index in [4.69, 9.17) is 10.5 Å². The molecule has 0 aliphatic heterocycles. The Balaban J connectivity index is 4.04. The second kappa shape index (κ2) is 5.31. The predicted molar refractivity (Wildman–Crippen MR) is 66.9 cm³/mol. The van der Waals surface area contributed by atoms with Gasteiger partial charge in [0.25, 0.3) is 0 Å². The average Bonchev–Trinajstić information content (AvgIpc) is 1.95. The van der Waals surface area contributed by atoms with Crippen molar-refractivity contribution in [3.05, 3.63) is 0 Å². The van der Waals surface area contributed by atoms with Gasteiger partial charge in [0.2, 0.25) is 0 Å². The van der Waals surface area contributed by atoms with Crippen molar-refractivity contribution in [3.63, 3.8) is 0 Å². The molecule has 2 nitrogen and oxygen atoms in total. The summed E-state index contributed by atoms with van der Waals surface area (Å²) >= 11 is 0. The molecule has 0 fully saturated rings. The first kappa shape index (κ1) is 14.9. The molecule has 0 aromatic heterocycles. The first-order valence-corrected chi connectivity index (χ1v) is 5.94. The Bertz CT molecular complexity index is 179. The maximum absolute atomic E-state index is 5.95. The summed E-state index contributed by atoms with van der Waals surface area (Å²) in [5.41, 5.74) is 6.00. The van der Waals surface area contributed by atoms with Crippen LogP contribution >= 0.6 is 0 Å². The van der Waals surface area contributed by atoms with Crippen LogP contribution in [0.1, 0.15) is 54.9 Å². The third-order valence-electron chi connectivity index (χ3n) is 3.02. The Labute approximate surface area is 95.6 Å². The van der Waals surface area contributed by atoms with Crippen LogP contribution in [-0.2, 0) is 4.74 Å². The minimum atomic E-state index is -0.103. The smallest absolute Gasteiger partial charge is 0.0641 e. The lowest BCUT2D eigenvalue weighted by atomic mass is 9.82. The molecule has 0 aromatic rings. The highest BCUT2D eigenvalue weighted by Gasteiger charge is 2.25. The van der Waals surface area contributed by atoms with Crippen molar-refractivity contribution in [2.75, 3.05) is 6.61 Å². The van der Waals surface area contributed by atoms with Crippen molar-refractivity contribution >= 4 is 0 Å². The van der Waals surface area contributed by atoms with Gasteiger partial charge < -0.3 is 10.5 Å². The third-order valence-corrected chi connectivity index (χ3v) is 3.02. The molecule has 0 saturated carbocycles. The molecule has 2 heteroatoms. The Morgan fingerprint density at radius 2 is 1.53 bits per heavy atom. The van der Waals surface area contributed by atoms with Crippen molar-refractivity contribution < 1.29 is 4.74 Å². The Morgan fingerprint density at radius 1 is 1.07 bits per heavy atom. The van der Waals surface area contributed by atoms with Gasteiger partial charge in [-0.3, -0.25) is 0 Å². The molecule has 0 aliphatic carbocycles. The normalized spacial score (nSPS) is 17.6. The first-order chi connectivity index (χ1) is 6.54. The van der Waals surface area contributed by atoms with E-state index in [0.29, 0.717) is 11.3 Å². The van der Waals surface area contributed by atoms with Crippen molar-refractivity contribution in [2.24, 2.45) is 17.1 Å². The fourth-order valence-corrected chi connectivity index (χ4v) is 1.43. The summed E-state index contributed by atoms with van der Waals surface area (Å²) in [7, 11) is 0. The van der Waals surface area contributed by atoms with E-state index in [0.717, 1.165) is 13.0 Å². The average molecular weight is 215 g/mol. The summed E-state index contributed by atoms with van der Waals surface area (Å²) < 4.78 is 5.95. The van der Waals surface area contributed by atoms with E-state index in [1.54, 1.807) is 0 Å². The summed E-state index contributed by atoms with van der Waals surface area (Å²) in [5, 5.41) is 0. The van der Waals surface area contributed by atoms with Gasteiger partial charge >= 0.3 is 0 Å². The van der Waals surface area contributed by atoms with Gasteiger partial charge in [-0.2, -0.15) is 0 Å². The minimum absolute atomic E-state index is 0.103. The van der Waals surface area contributed by atoms with Gasteiger partial charge in [0, 0.05) is 6.04 Å². The molecule has 92 valence electrons. The molecule has 0 heterocycles. The van der Waals surface area contributed by atoms with Gasteiger partial charge in [-0.1, -0.05) is 27.7 Å². The minimum Gasteiger partial charge on any atom is -0.375 e. The summed E-state index contributed by atoms with van der Waals surface area (Å²) in [5.74, 6) is 0.560. The fourth-order valence-electron chi connectivity index (χ4n) is 1.43. The van der Waals surface area contributed by atoms with Crippen LogP contribution in [0.5, 0.6) is 0 Å². The van der Waals surface area contributed by atoms with Gasteiger partial charge in [0.05, 0.1) is 12.2 Å². The highest BCUT2D eigenvalue weighted by Crippen LogP contribution is 2.27. The highest BCUT2D eigenvalue weighted by atomic mass is 16.5. The van der Waals surface area contributed by atoms with Gasteiger partial charge in [0.1, 0.15) is 0 Å². The zero-order valence-corrected chi connectivity index (χ0v) is 11.6. The second-order valence-electron chi connectivity index (χ2n) is 6.52. The summed E-state index contributed by atoms with van der Waals surface area (Å²) in [6.45, 7) is 16.1. The maximum atomic E-state index is 5.95. The van der Waals surface area contributed by atoms with Crippen LogP contribution in [0.4, 0.5) is 0 Å². The number of ether oxygens (including phenoxy) is 1. The molecule has 15 heavy (non-hydrogen) atoms. The van der Waals surface area contributed by atoms with E-state index in [1.807, 2.05) is 6.92 Å². The molecule has 0 aliphatic rings. The molecule has 0 aromatic carbocycles. The molecule has 0 amide bonds. The lowest BCUT2D eigenvalue weighted by Crippen LogP contribution is -2.35. The Hall–Kier alpha value is -0.0800. The monoisotopic (exact) mass is 215 g/mol. The van der Waals surface area contributed by atoms with Crippen molar-refractivity contribution in [3.8, 4) is 0 Å². The van der Waals surface area contributed by atoms with Crippen LogP contribution in [0.2, 0.25) is 0 Å². The van der Waals surface area contributed by atoms with Crippen LogP contribution < -0.4 is 5.73 Å². The fraction of sp³-hybridized carbons (Fsp3) is 1.00. The van der Waals surface area contributed by atoms with Gasteiger partial charge in [-0.05, 0) is 38.5 Å². The molecular weight excluding hydrogens is 186 g/mol. The van der Waals surface area contributed by atoms with E-state index in [9.17, 15) is 0 Å². The Kier molecular flexibility index (Phi) is 5.28. The second-order valence-corrected chi connectivity index (χ2v) is 6.52. The molecule has 0 bridgehead atoms. The molecular formula is C13H29NO. The van der Waals surface area contributed by atoms with E-state index >= 15 is 0 Å². The number of hydrogen-bond donors (Lipinski definition) is 1. The van der Waals surface area contributed by atoms with E-state index in [1.165, 1.54) is 0 Å². The largest absolute Gasteiger partial charge is 0.375 e. The van der Waals surface area contributed by atoms with E-state index < -0.39 is 0 Å². The molecule has 0 spiro atoms. The lowest BCUT2D eigenvalue weighted by molar-refractivity contribution is -0.0559. The number of nitrogens with two attached hydrogens (primary N) is 1. The SMILES string of the molecule is CC(N)CC(C)(C)OCC(C)C(C)(C)C. The zero-order valence-electron chi connectivity index (χ0n) is 11.6. The van der Waals surface area contributed by atoms with Crippen LogP contribution in [0.25, 0.3) is 0 Å². The van der Waals surface area contributed by atoms with Crippen LogP contribution in [0, 0.1) is 11.3 Å². The summed E-state index contributed by atoms with van der Waals surface area (Å²) in [4.78, 5) is 0. The maximum Gasteiger partial charge on any atom is 0.0641 e. The zero-order chi connectivity index (χ0) is 12.3. The molecule has 0 rings (SSSR count). The van der Waals surface area contributed by atoms with E-state index in [-0.39, 0.29) is 11.6 Å².